The van der Waals surface area contributed by atoms with Gasteiger partial charge >= 0.3 is 0 Å². The van der Waals surface area contributed by atoms with Crippen molar-refractivity contribution in [2.45, 2.75) is 38.6 Å². The Bertz CT molecular complexity index is 506. The van der Waals surface area contributed by atoms with Gasteiger partial charge in [0.15, 0.2) is 11.5 Å². The van der Waals surface area contributed by atoms with E-state index in [1.165, 1.54) is 24.8 Å². The molecule has 3 rings (SSSR count). The number of ether oxygens (including phenoxy) is 2. The van der Waals surface area contributed by atoms with E-state index in [0.717, 1.165) is 41.5 Å². The van der Waals surface area contributed by atoms with E-state index in [1.807, 2.05) is 0 Å². The van der Waals surface area contributed by atoms with Crippen LogP contribution in [0.3, 0.4) is 0 Å². The van der Waals surface area contributed by atoms with Crippen molar-refractivity contribution in [1.29, 1.82) is 0 Å². The van der Waals surface area contributed by atoms with Crippen LogP contribution in [-0.4, -0.2) is 20.3 Å². The molecule has 0 aromatic heterocycles. The number of hydrogen-bond acceptors (Lipinski definition) is 3. The van der Waals surface area contributed by atoms with E-state index < -0.39 is 0 Å². The van der Waals surface area contributed by atoms with Gasteiger partial charge in [0.2, 0.25) is 0 Å². The lowest BCUT2D eigenvalue weighted by molar-refractivity contribution is 0.296. The number of nitrogens with one attached hydrogen (secondary N) is 1. The van der Waals surface area contributed by atoms with E-state index in [4.69, 9.17) is 9.47 Å². The lowest BCUT2D eigenvalue weighted by Gasteiger charge is -2.28. The summed E-state index contributed by atoms with van der Waals surface area (Å²) >= 11 is 3.73. The van der Waals surface area contributed by atoms with Gasteiger partial charge in [-0.25, -0.2) is 0 Å². The lowest BCUT2D eigenvalue weighted by Crippen LogP contribution is -2.27. The Hall–Kier alpha value is -0.740. The molecule has 1 aromatic rings. The number of rotatable bonds is 3. The van der Waals surface area contributed by atoms with Crippen LogP contribution in [0.15, 0.2) is 16.6 Å². The lowest BCUT2D eigenvalue weighted by atomic mass is 9.86. The van der Waals surface area contributed by atoms with Crippen LogP contribution in [-0.2, 0) is 0 Å². The van der Waals surface area contributed by atoms with E-state index in [2.05, 4.69) is 47.4 Å². The predicted octanol–water partition coefficient (Wildman–Crippen LogP) is 4.31. The van der Waals surface area contributed by atoms with Crippen molar-refractivity contribution in [3.8, 4) is 11.5 Å². The highest BCUT2D eigenvalue weighted by molar-refractivity contribution is 9.10. The van der Waals surface area contributed by atoms with Crippen molar-refractivity contribution in [3.63, 3.8) is 0 Å². The van der Waals surface area contributed by atoms with Gasteiger partial charge in [-0.05, 0) is 43.0 Å². The first-order chi connectivity index (χ1) is 10.2. The van der Waals surface area contributed by atoms with Crippen LogP contribution in [0.1, 0.15) is 44.2 Å². The molecule has 21 heavy (non-hydrogen) atoms. The van der Waals surface area contributed by atoms with Gasteiger partial charge in [0.05, 0.1) is 13.2 Å². The highest BCUT2D eigenvalue weighted by Gasteiger charge is 2.32. The third-order valence-electron chi connectivity index (χ3n) is 4.87. The van der Waals surface area contributed by atoms with E-state index >= 15 is 0 Å². The summed E-state index contributed by atoms with van der Waals surface area (Å²) in [5, 5.41) is 3.53. The molecule has 1 aromatic carbocycles. The minimum absolute atomic E-state index is 0.369. The second-order valence-electron chi connectivity index (χ2n) is 6.21. The summed E-state index contributed by atoms with van der Waals surface area (Å²) in [6.45, 7) is 3.84. The molecule has 3 atom stereocenters. The van der Waals surface area contributed by atoms with Crippen LogP contribution in [0, 0.1) is 11.8 Å². The highest BCUT2D eigenvalue weighted by Crippen LogP contribution is 2.44. The second-order valence-corrected chi connectivity index (χ2v) is 7.06. The van der Waals surface area contributed by atoms with Gasteiger partial charge in [-0.15, -0.1) is 0 Å². The quantitative estimate of drug-likeness (QED) is 0.878. The summed E-state index contributed by atoms with van der Waals surface area (Å²) in [7, 11) is 2.06. The van der Waals surface area contributed by atoms with E-state index in [1.54, 1.807) is 0 Å². The SMILES string of the molecule is CNC(c1cc2c(cc1Br)OCCCO2)C1CCCC1C. The maximum atomic E-state index is 5.85. The Morgan fingerprint density at radius 2 is 1.86 bits per heavy atom. The molecule has 0 amide bonds. The summed E-state index contributed by atoms with van der Waals surface area (Å²) in [5.74, 6) is 3.20. The number of fused-ring (bicyclic) bond motifs is 1. The van der Waals surface area contributed by atoms with Gasteiger partial charge in [0, 0.05) is 16.9 Å². The number of halogens is 1. The third kappa shape index (κ3) is 3.07. The molecule has 0 saturated heterocycles. The average Bonchev–Trinajstić information content (AvgIpc) is 2.76. The van der Waals surface area contributed by atoms with Crippen LogP contribution >= 0.6 is 15.9 Å². The maximum absolute atomic E-state index is 5.85. The molecule has 1 saturated carbocycles. The summed E-state index contributed by atoms with van der Waals surface area (Å²) in [5.41, 5.74) is 1.29. The number of benzene rings is 1. The zero-order valence-electron chi connectivity index (χ0n) is 12.8. The first-order valence-electron chi connectivity index (χ1n) is 7.97. The van der Waals surface area contributed by atoms with Gasteiger partial charge in [0.1, 0.15) is 0 Å². The maximum Gasteiger partial charge on any atom is 0.162 e. The van der Waals surface area contributed by atoms with Crippen LogP contribution in [0.25, 0.3) is 0 Å². The molecule has 0 radical (unpaired) electrons. The molecule has 0 bridgehead atoms. The predicted molar refractivity (Wildman–Crippen MR) is 88.1 cm³/mol. The van der Waals surface area contributed by atoms with Crippen molar-refractivity contribution in [3.05, 3.63) is 22.2 Å². The van der Waals surface area contributed by atoms with Crippen molar-refractivity contribution < 1.29 is 9.47 Å². The molecule has 1 fully saturated rings. The molecular formula is C17H24BrNO2. The molecule has 0 spiro atoms. The first kappa shape index (κ1) is 15.2. The fraction of sp³-hybridized carbons (Fsp3) is 0.647. The van der Waals surface area contributed by atoms with Crippen LogP contribution in [0.5, 0.6) is 11.5 Å². The minimum Gasteiger partial charge on any atom is -0.490 e. The Balaban J connectivity index is 1.94. The molecular weight excluding hydrogens is 330 g/mol. The molecule has 3 unspecified atom stereocenters. The van der Waals surface area contributed by atoms with Crippen molar-refractivity contribution in [2.24, 2.45) is 11.8 Å². The second kappa shape index (κ2) is 6.57. The Labute approximate surface area is 135 Å². The molecule has 1 aliphatic heterocycles. The van der Waals surface area contributed by atoms with Gasteiger partial charge in [-0.3, -0.25) is 0 Å². The summed E-state index contributed by atoms with van der Waals surface area (Å²) in [4.78, 5) is 0. The zero-order valence-corrected chi connectivity index (χ0v) is 14.4. The smallest absolute Gasteiger partial charge is 0.162 e. The van der Waals surface area contributed by atoms with Gasteiger partial charge in [-0.1, -0.05) is 35.7 Å². The summed E-state index contributed by atoms with van der Waals surface area (Å²) < 4.78 is 12.7. The minimum atomic E-state index is 0.369. The number of hydrogen-bond donors (Lipinski definition) is 1. The fourth-order valence-corrected chi connectivity index (χ4v) is 4.28. The normalized spacial score (nSPS) is 26.4. The topological polar surface area (TPSA) is 30.5 Å². The van der Waals surface area contributed by atoms with Crippen molar-refractivity contribution >= 4 is 15.9 Å². The Morgan fingerprint density at radius 3 is 2.48 bits per heavy atom. The monoisotopic (exact) mass is 353 g/mol. The summed E-state index contributed by atoms with van der Waals surface area (Å²) in [6.07, 6.45) is 4.92. The average molecular weight is 354 g/mol. The molecule has 4 heteroatoms. The molecule has 1 heterocycles. The van der Waals surface area contributed by atoms with Crippen LogP contribution in [0.2, 0.25) is 0 Å². The van der Waals surface area contributed by atoms with Crippen molar-refractivity contribution in [2.75, 3.05) is 20.3 Å². The van der Waals surface area contributed by atoms with Gasteiger partial charge < -0.3 is 14.8 Å². The Morgan fingerprint density at radius 1 is 1.14 bits per heavy atom. The van der Waals surface area contributed by atoms with E-state index in [9.17, 15) is 0 Å². The molecule has 1 aliphatic carbocycles. The van der Waals surface area contributed by atoms with Crippen LogP contribution < -0.4 is 14.8 Å². The molecule has 116 valence electrons. The standard InChI is InChI=1S/C17H24BrNO2/c1-11-5-3-6-12(11)17(19-2)13-9-15-16(10-14(13)18)21-8-4-7-20-15/h9-12,17,19H,3-8H2,1-2H3. The van der Waals surface area contributed by atoms with Gasteiger partial charge in [0.25, 0.3) is 0 Å². The first-order valence-corrected chi connectivity index (χ1v) is 8.76. The van der Waals surface area contributed by atoms with Gasteiger partial charge in [-0.2, -0.15) is 0 Å². The van der Waals surface area contributed by atoms with Crippen LogP contribution in [0.4, 0.5) is 0 Å². The van der Waals surface area contributed by atoms with E-state index in [-0.39, 0.29) is 0 Å². The fourth-order valence-electron chi connectivity index (χ4n) is 3.71. The third-order valence-corrected chi connectivity index (χ3v) is 5.56. The summed E-state index contributed by atoms with van der Waals surface area (Å²) in [6, 6.07) is 4.60. The molecule has 2 aliphatic rings. The van der Waals surface area contributed by atoms with Crippen molar-refractivity contribution in [1.82, 2.24) is 5.32 Å². The Kier molecular flexibility index (Phi) is 4.75. The zero-order chi connectivity index (χ0) is 14.8. The van der Waals surface area contributed by atoms with E-state index in [0.29, 0.717) is 12.0 Å². The highest BCUT2D eigenvalue weighted by atomic mass is 79.9. The molecule has 3 nitrogen and oxygen atoms in total. The largest absolute Gasteiger partial charge is 0.490 e. The molecule has 1 N–H and O–H groups in total.